The van der Waals surface area contributed by atoms with Crippen LogP contribution < -0.4 is 16.0 Å². The Morgan fingerprint density at radius 1 is 0.958 bits per heavy atom. The highest BCUT2D eigenvalue weighted by Gasteiger charge is 2.18. The first-order valence-corrected chi connectivity index (χ1v) is 7.86. The first kappa shape index (κ1) is 14.8. The highest BCUT2D eigenvalue weighted by atomic mass is 19.1. The zero-order valence-electron chi connectivity index (χ0n) is 13.0. The van der Waals surface area contributed by atoms with Crippen LogP contribution in [0.2, 0.25) is 0 Å². The molecule has 1 saturated heterocycles. The number of anilines is 2. The number of benzene rings is 1. The lowest BCUT2D eigenvalue weighted by molar-refractivity contribution is 0.586. The molecule has 1 aliphatic rings. The minimum Gasteiger partial charge on any atom is -0.368 e. The van der Waals surface area contributed by atoms with Crippen LogP contribution in [-0.4, -0.2) is 41.1 Å². The van der Waals surface area contributed by atoms with E-state index in [1.54, 1.807) is 12.1 Å². The Bertz CT molecular complexity index is 874. The van der Waals surface area contributed by atoms with Crippen molar-refractivity contribution >= 4 is 22.8 Å². The van der Waals surface area contributed by atoms with Crippen LogP contribution in [0.5, 0.6) is 0 Å². The number of aromatic nitrogens is 3. The van der Waals surface area contributed by atoms with Crippen LogP contribution in [0.25, 0.3) is 22.3 Å². The fourth-order valence-electron chi connectivity index (χ4n) is 2.89. The molecule has 0 bridgehead atoms. The van der Waals surface area contributed by atoms with Gasteiger partial charge in [0.15, 0.2) is 5.82 Å². The molecule has 122 valence electrons. The Hall–Kier alpha value is -2.80. The quantitative estimate of drug-likeness (QED) is 0.748. The molecule has 6 nitrogen and oxygen atoms in total. The number of hydrogen-bond donors (Lipinski definition) is 2. The molecule has 0 saturated carbocycles. The zero-order valence-corrected chi connectivity index (χ0v) is 13.0. The van der Waals surface area contributed by atoms with E-state index >= 15 is 0 Å². The molecule has 0 atom stereocenters. The summed E-state index contributed by atoms with van der Waals surface area (Å²) in [7, 11) is 0. The first-order valence-electron chi connectivity index (χ1n) is 7.86. The molecular formula is C17H17FN6. The van der Waals surface area contributed by atoms with Gasteiger partial charge in [0.2, 0.25) is 5.95 Å². The number of rotatable bonds is 2. The Morgan fingerprint density at radius 3 is 2.46 bits per heavy atom. The molecule has 7 heteroatoms. The number of pyridine rings is 1. The Kier molecular flexibility index (Phi) is 3.70. The maximum atomic E-state index is 13.1. The third-order valence-corrected chi connectivity index (χ3v) is 4.10. The fraction of sp³-hybridized carbons (Fsp3) is 0.235. The van der Waals surface area contributed by atoms with Crippen LogP contribution in [0.1, 0.15) is 0 Å². The van der Waals surface area contributed by atoms with E-state index in [-0.39, 0.29) is 11.8 Å². The first-order chi connectivity index (χ1) is 11.7. The van der Waals surface area contributed by atoms with Gasteiger partial charge in [-0.1, -0.05) is 0 Å². The number of piperazine rings is 1. The van der Waals surface area contributed by atoms with E-state index in [1.807, 2.05) is 12.1 Å². The van der Waals surface area contributed by atoms with Crippen molar-refractivity contribution in [2.75, 3.05) is 36.8 Å². The lowest BCUT2D eigenvalue weighted by Gasteiger charge is -2.28. The SMILES string of the molecule is Nc1nc(N2CCNCC2)c2nc(-c3ccc(F)cc3)ccc2n1. The van der Waals surface area contributed by atoms with Gasteiger partial charge in [-0.15, -0.1) is 0 Å². The molecule has 0 unspecified atom stereocenters. The molecule has 2 aromatic heterocycles. The monoisotopic (exact) mass is 324 g/mol. The van der Waals surface area contributed by atoms with Gasteiger partial charge in [0.25, 0.3) is 0 Å². The van der Waals surface area contributed by atoms with E-state index in [2.05, 4.69) is 20.2 Å². The summed E-state index contributed by atoms with van der Waals surface area (Å²) in [6.45, 7) is 3.47. The Balaban J connectivity index is 1.85. The minimum atomic E-state index is -0.267. The van der Waals surface area contributed by atoms with Gasteiger partial charge in [0.1, 0.15) is 11.3 Å². The summed E-state index contributed by atoms with van der Waals surface area (Å²) in [5.74, 6) is 0.729. The number of nitrogen functional groups attached to an aromatic ring is 1. The maximum Gasteiger partial charge on any atom is 0.222 e. The predicted octanol–water partition coefficient (Wildman–Crippen LogP) is 1.82. The van der Waals surface area contributed by atoms with Crippen molar-refractivity contribution in [3.63, 3.8) is 0 Å². The molecule has 3 heterocycles. The van der Waals surface area contributed by atoms with E-state index in [9.17, 15) is 4.39 Å². The molecular weight excluding hydrogens is 307 g/mol. The van der Waals surface area contributed by atoms with Gasteiger partial charge in [-0.05, 0) is 36.4 Å². The van der Waals surface area contributed by atoms with Crippen molar-refractivity contribution in [3.8, 4) is 11.3 Å². The van der Waals surface area contributed by atoms with E-state index < -0.39 is 0 Å². The third kappa shape index (κ3) is 2.74. The van der Waals surface area contributed by atoms with Crippen LogP contribution in [-0.2, 0) is 0 Å². The van der Waals surface area contributed by atoms with Crippen molar-refractivity contribution in [1.82, 2.24) is 20.3 Å². The number of nitrogens with zero attached hydrogens (tertiary/aromatic N) is 4. The molecule has 1 aromatic carbocycles. The average Bonchev–Trinajstić information content (AvgIpc) is 2.62. The normalized spacial score (nSPS) is 15.0. The van der Waals surface area contributed by atoms with Gasteiger partial charge in [-0.3, -0.25) is 0 Å². The van der Waals surface area contributed by atoms with Gasteiger partial charge in [-0.25, -0.2) is 14.4 Å². The summed E-state index contributed by atoms with van der Waals surface area (Å²) in [6, 6.07) is 10.0. The molecule has 3 aromatic rings. The summed E-state index contributed by atoms with van der Waals surface area (Å²) < 4.78 is 13.1. The van der Waals surface area contributed by atoms with Crippen LogP contribution >= 0.6 is 0 Å². The second-order valence-electron chi connectivity index (χ2n) is 5.71. The van der Waals surface area contributed by atoms with E-state index in [0.717, 1.165) is 43.3 Å². The van der Waals surface area contributed by atoms with Crippen LogP contribution in [0, 0.1) is 5.82 Å². The molecule has 1 aliphatic heterocycles. The summed E-state index contributed by atoms with van der Waals surface area (Å²) in [5, 5.41) is 3.32. The smallest absolute Gasteiger partial charge is 0.222 e. The summed E-state index contributed by atoms with van der Waals surface area (Å²) in [5.41, 5.74) is 8.89. The van der Waals surface area contributed by atoms with Crippen LogP contribution in [0.15, 0.2) is 36.4 Å². The van der Waals surface area contributed by atoms with Gasteiger partial charge in [-0.2, -0.15) is 4.98 Å². The summed E-state index contributed by atoms with van der Waals surface area (Å²) >= 11 is 0. The van der Waals surface area contributed by atoms with Crippen LogP contribution in [0.3, 0.4) is 0 Å². The van der Waals surface area contributed by atoms with Crippen LogP contribution in [0.4, 0.5) is 16.2 Å². The predicted molar refractivity (Wildman–Crippen MR) is 92.2 cm³/mol. The summed E-state index contributed by atoms with van der Waals surface area (Å²) in [4.78, 5) is 15.6. The lowest BCUT2D eigenvalue weighted by Crippen LogP contribution is -2.44. The Labute approximate surface area is 138 Å². The summed E-state index contributed by atoms with van der Waals surface area (Å²) in [6.07, 6.45) is 0. The van der Waals surface area contributed by atoms with E-state index in [4.69, 9.17) is 10.7 Å². The third-order valence-electron chi connectivity index (χ3n) is 4.10. The molecule has 1 fully saturated rings. The number of hydrogen-bond acceptors (Lipinski definition) is 6. The molecule has 0 amide bonds. The lowest BCUT2D eigenvalue weighted by atomic mass is 10.1. The second kappa shape index (κ2) is 6.01. The highest BCUT2D eigenvalue weighted by Crippen LogP contribution is 2.27. The highest BCUT2D eigenvalue weighted by molar-refractivity contribution is 5.88. The van der Waals surface area contributed by atoms with Gasteiger partial charge < -0.3 is 16.0 Å². The van der Waals surface area contributed by atoms with Crippen molar-refractivity contribution in [2.45, 2.75) is 0 Å². The topological polar surface area (TPSA) is 80.0 Å². The number of halogens is 1. The van der Waals surface area contributed by atoms with Gasteiger partial charge in [0, 0.05) is 31.7 Å². The average molecular weight is 324 g/mol. The molecule has 24 heavy (non-hydrogen) atoms. The molecule has 4 rings (SSSR count). The van der Waals surface area contributed by atoms with Crippen molar-refractivity contribution in [3.05, 3.63) is 42.2 Å². The Morgan fingerprint density at radius 2 is 1.71 bits per heavy atom. The molecule has 0 radical (unpaired) electrons. The van der Waals surface area contributed by atoms with E-state index in [1.165, 1.54) is 12.1 Å². The van der Waals surface area contributed by atoms with Gasteiger partial charge >= 0.3 is 0 Å². The zero-order chi connectivity index (χ0) is 16.5. The van der Waals surface area contributed by atoms with E-state index in [0.29, 0.717) is 11.0 Å². The second-order valence-corrected chi connectivity index (χ2v) is 5.71. The number of nitrogens with two attached hydrogens (primary N) is 1. The fourth-order valence-corrected chi connectivity index (χ4v) is 2.89. The standard InChI is InChI=1S/C17H17FN6/c18-12-3-1-11(2-4-12)13-5-6-14-15(21-13)16(23-17(19)22-14)24-9-7-20-8-10-24/h1-6,20H,7-10H2,(H2,19,22,23). The van der Waals surface area contributed by atoms with Crippen molar-refractivity contribution in [2.24, 2.45) is 0 Å². The molecule has 0 spiro atoms. The van der Waals surface area contributed by atoms with Gasteiger partial charge in [0.05, 0.1) is 11.2 Å². The molecule has 0 aliphatic carbocycles. The molecule has 3 N–H and O–H groups in total. The van der Waals surface area contributed by atoms with Crippen molar-refractivity contribution in [1.29, 1.82) is 0 Å². The van der Waals surface area contributed by atoms with Crippen molar-refractivity contribution < 1.29 is 4.39 Å². The minimum absolute atomic E-state index is 0.243. The number of nitrogens with one attached hydrogen (secondary N) is 1. The maximum absolute atomic E-state index is 13.1. The number of fused-ring (bicyclic) bond motifs is 1. The largest absolute Gasteiger partial charge is 0.368 e.